The second-order valence-corrected chi connectivity index (χ2v) is 8.27. The van der Waals surface area contributed by atoms with Crippen LogP contribution in [0.3, 0.4) is 0 Å². The molecule has 0 aliphatic heterocycles. The number of aryl methyl sites for hydroxylation is 2. The molecular formula is C24H20FNOS. The van der Waals surface area contributed by atoms with Crippen molar-refractivity contribution in [2.24, 2.45) is 0 Å². The van der Waals surface area contributed by atoms with Crippen molar-refractivity contribution in [3.05, 3.63) is 70.9 Å². The maximum Gasteiger partial charge on any atom is 0.125 e. The molecular weight excluding hydrogens is 369 g/mol. The third-order valence-electron chi connectivity index (χ3n) is 5.45. The number of benzene rings is 2. The van der Waals surface area contributed by atoms with Gasteiger partial charge in [0.1, 0.15) is 16.4 Å². The minimum Gasteiger partial charge on any atom is -0.497 e. The molecule has 1 aliphatic rings. The Morgan fingerprint density at radius 3 is 2.57 bits per heavy atom. The summed E-state index contributed by atoms with van der Waals surface area (Å²) in [5.41, 5.74) is 5.35. The van der Waals surface area contributed by atoms with E-state index < -0.39 is 0 Å². The third-order valence-corrected chi connectivity index (χ3v) is 6.63. The molecule has 2 aromatic heterocycles. The quantitative estimate of drug-likeness (QED) is 0.391. The second kappa shape index (κ2) is 7.02. The minimum absolute atomic E-state index is 0.211. The van der Waals surface area contributed by atoms with E-state index in [4.69, 9.17) is 9.72 Å². The van der Waals surface area contributed by atoms with Gasteiger partial charge in [-0.25, -0.2) is 9.37 Å². The Morgan fingerprint density at radius 1 is 0.964 bits per heavy atom. The molecule has 0 bridgehead atoms. The highest BCUT2D eigenvalue weighted by Gasteiger charge is 2.21. The normalized spacial score (nSPS) is 13.5. The van der Waals surface area contributed by atoms with Crippen LogP contribution in [-0.2, 0) is 12.8 Å². The maximum atomic E-state index is 14.0. The van der Waals surface area contributed by atoms with Crippen molar-refractivity contribution in [1.82, 2.24) is 4.98 Å². The zero-order valence-corrected chi connectivity index (χ0v) is 16.5. The van der Waals surface area contributed by atoms with E-state index in [0.717, 1.165) is 45.8 Å². The molecule has 0 N–H and O–H groups in total. The van der Waals surface area contributed by atoms with Crippen molar-refractivity contribution in [2.75, 3.05) is 7.11 Å². The lowest BCUT2D eigenvalue weighted by Gasteiger charge is -2.13. The van der Waals surface area contributed by atoms with Gasteiger partial charge in [0, 0.05) is 15.8 Å². The number of halogens is 1. The molecule has 5 rings (SSSR count). The van der Waals surface area contributed by atoms with Gasteiger partial charge >= 0.3 is 0 Å². The van der Waals surface area contributed by atoms with E-state index in [1.165, 1.54) is 34.7 Å². The van der Waals surface area contributed by atoms with E-state index in [-0.39, 0.29) is 5.82 Å². The summed E-state index contributed by atoms with van der Waals surface area (Å²) in [6.45, 7) is 0. The highest BCUT2D eigenvalue weighted by molar-refractivity contribution is 7.19. The average molecular weight is 389 g/mol. The van der Waals surface area contributed by atoms with Gasteiger partial charge in [0.25, 0.3) is 0 Å². The molecule has 2 nitrogen and oxygen atoms in total. The first-order chi connectivity index (χ1) is 13.7. The molecule has 4 heteroatoms. The van der Waals surface area contributed by atoms with Crippen molar-refractivity contribution in [1.29, 1.82) is 0 Å². The molecule has 0 saturated heterocycles. The third kappa shape index (κ3) is 2.98. The number of fused-ring (bicyclic) bond motifs is 3. The number of pyridine rings is 1. The van der Waals surface area contributed by atoms with E-state index in [9.17, 15) is 4.39 Å². The predicted octanol–water partition coefficient (Wildman–Crippen LogP) is 6.66. The summed E-state index contributed by atoms with van der Waals surface area (Å²) in [6.07, 6.45) is 4.65. The van der Waals surface area contributed by atoms with Crippen LogP contribution >= 0.6 is 11.3 Å². The molecule has 140 valence electrons. The molecule has 1 aliphatic carbocycles. The van der Waals surface area contributed by atoms with E-state index in [1.54, 1.807) is 30.6 Å². The fourth-order valence-corrected chi connectivity index (χ4v) is 5.34. The summed E-state index contributed by atoms with van der Waals surface area (Å²) in [5, 5.41) is 1.21. The summed E-state index contributed by atoms with van der Waals surface area (Å²) < 4.78 is 19.3. The molecule has 0 fully saturated rings. The van der Waals surface area contributed by atoms with Crippen molar-refractivity contribution < 1.29 is 9.13 Å². The zero-order valence-electron chi connectivity index (χ0n) is 15.7. The first-order valence-electron chi connectivity index (χ1n) is 9.58. The largest absolute Gasteiger partial charge is 0.497 e. The Bertz CT molecular complexity index is 1160. The second-order valence-electron chi connectivity index (χ2n) is 7.18. The summed E-state index contributed by atoms with van der Waals surface area (Å²) in [5.74, 6) is 0.610. The van der Waals surface area contributed by atoms with Crippen LogP contribution in [0.1, 0.15) is 23.3 Å². The van der Waals surface area contributed by atoms with Crippen LogP contribution in [0.4, 0.5) is 4.39 Å². The molecule has 2 aromatic carbocycles. The van der Waals surface area contributed by atoms with Gasteiger partial charge in [0.15, 0.2) is 0 Å². The van der Waals surface area contributed by atoms with Crippen LogP contribution in [-0.4, -0.2) is 12.1 Å². The predicted molar refractivity (Wildman–Crippen MR) is 114 cm³/mol. The van der Waals surface area contributed by atoms with Crippen LogP contribution < -0.4 is 4.74 Å². The topological polar surface area (TPSA) is 22.1 Å². The van der Waals surface area contributed by atoms with Crippen LogP contribution in [0, 0.1) is 5.82 Å². The smallest absolute Gasteiger partial charge is 0.125 e. The number of thiophene rings is 1. The monoisotopic (exact) mass is 389 g/mol. The van der Waals surface area contributed by atoms with Gasteiger partial charge < -0.3 is 4.74 Å². The zero-order chi connectivity index (χ0) is 19.1. The average Bonchev–Trinajstić information content (AvgIpc) is 3.11. The van der Waals surface area contributed by atoms with E-state index >= 15 is 0 Å². The summed E-state index contributed by atoms with van der Waals surface area (Å²) in [6, 6.07) is 16.9. The Labute approximate surface area is 167 Å². The first-order valence-corrected chi connectivity index (χ1v) is 10.4. The number of hydrogen-bond donors (Lipinski definition) is 0. The van der Waals surface area contributed by atoms with Crippen LogP contribution in [0.5, 0.6) is 5.75 Å². The molecule has 0 unspecified atom stereocenters. The van der Waals surface area contributed by atoms with Crippen molar-refractivity contribution in [3.8, 4) is 28.1 Å². The van der Waals surface area contributed by atoms with Gasteiger partial charge in [-0.15, -0.1) is 11.3 Å². The molecule has 28 heavy (non-hydrogen) atoms. The molecule has 0 radical (unpaired) electrons. The standard InChI is InChI=1S/C24H20FNOS/c1-27-18-11-9-15(10-12-18)21-14-20(16-5-4-6-17(25)13-16)23-19-7-2-3-8-22(19)28-24(23)26-21/h4-6,9-14H,2-3,7-8H2,1H3. The fourth-order valence-electron chi connectivity index (χ4n) is 4.05. The van der Waals surface area contributed by atoms with Crippen molar-refractivity contribution >= 4 is 21.6 Å². The number of rotatable bonds is 3. The van der Waals surface area contributed by atoms with Gasteiger partial charge in [0.2, 0.25) is 0 Å². The molecule has 0 atom stereocenters. The molecule has 0 spiro atoms. The van der Waals surface area contributed by atoms with Gasteiger partial charge in [0.05, 0.1) is 12.8 Å². The Hall–Kier alpha value is -2.72. The van der Waals surface area contributed by atoms with E-state index in [2.05, 4.69) is 6.07 Å². The Balaban J connectivity index is 1.77. The SMILES string of the molecule is COc1ccc(-c2cc(-c3cccc(F)c3)c3c4c(sc3n2)CCCC4)cc1. The summed E-state index contributed by atoms with van der Waals surface area (Å²) in [7, 11) is 1.66. The summed E-state index contributed by atoms with van der Waals surface area (Å²) in [4.78, 5) is 7.50. The Morgan fingerprint density at radius 2 is 1.79 bits per heavy atom. The number of methoxy groups -OCH3 is 1. The van der Waals surface area contributed by atoms with Crippen molar-refractivity contribution in [2.45, 2.75) is 25.7 Å². The highest BCUT2D eigenvalue weighted by atomic mass is 32.1. The van der Waals surface area contributed by atoms with E-state index in [1.807, 2.05) is 30.3 Å². The number of nitrogens with zero attached hydrogens (tertiary/aromatic N) is 1. The lowest BCUT2D eigenvalue weighted by molar-refractivity contribution is 0.415. The van der Waals surface area contributed by atoms with E-state index in [0.29, 0.717) is 0 Å². The van der Waals surface area contributed by atoms with Gasteiger partial charge in [-0.3, -0.25) is 0 Å². The lowest BCUT2D eigenvalue weighted by atomic mass is 9.92. The molecule has 0 amide bonds. The minimum atomic E-state index is -0.211. The fraction of sp³-hybridized carbons (Fsp3) is 0.208. The van der Waals surface area contributed by atoms with Gasteiger partial charge in [-0.2, -0.15) is 0 Å². The maximum absolute atomic E-state index is 14.0. The van der Waals surface area contributed by atoms with Crippen LogP contribution in [0.2, 0.25) is 0 Å². The van der Waals surface area contributed by atoms with Crippen molar-refractivity contribution in [3.63, 3.8) is 0 Å². The van der Waals surface area contributed by atoms with Gasteiger partial charge in [-0.1, -0.05) is 12.1 Å². The highest BCUT2D eigenvalue weighted by Crippen LogP contribution is 2.42. The van der Waals surface area contributed by atoms with Crippen LogP contribution in [0.25, 0.3) is 32.6 Å². The molecule has 4 aromatic rings. The molecule has 0 saturated carbocycles. The first kappa shape index (κ1) is 17.4. The number of aromatic nitrogens is 1. The molecule has 2 heterocycles. The Kier molecular flexibility index (Phi) is 4.36. The van der Waals surface area contributed by atoms with Crippen LogP contribution in [0.15, 0.2) is 54.6 Å². The number of ether oxygens (including phenoxy) is 1. The lowest BCUT2D eigenvalue weighted by Crippen LogP contribution is -1.99. The summed E-state index contributed by atoms with van der Waals surface area (Å²) >= 11 is 1.80. The van der Waals surface area contributed by atoms with Gasteiger partial charge in [-0.05, 0) is 84.8 Å². The number of hydrogen-bond acceptors (Lipinski definition) is 3.